The average Bonchev–Trinajstić information content (AvgIpc) is 3.34. The van der Waals surface area contributed by atoms with E-state index in [-0.39, 0.29) is 11.6 Å². The highest BCUT2D eigenvalue weighted by Crippen LogP contribution is 2.46. The van der Waals surface area contributed by atoms with E-state index in [9.17, 15) is 9.59 Å². The Hall–Kier alpha value is -1.63. The molecule has 1 amide bonds. The second-order valence-corrected chi connectivity index (χ2v) is 7.30. The Morgan fingerprint density at radius 3 is 2.88 bits per heavy atom. The summed E-state index contributed by atoms with van der Waals surface area (Å²) in [5.41, 5.74) is 1.29. The number of nitrogens with zero attached hydrogens (tertiary/aromatic N) is 3. The van der Waals surface area contributed by atoms with Gasteiger partial charge in [-0.3, -0.25) is 14.7 Å². The summed E-state index contributed by atoms with van der Waals surface area (Å²) in [7, 11) is 0. The first-order valence-electron chi connectivity index (χ1n) is 8.39. The number of carbonyl (C=O) groups excluding carboxylic acids is 2. The van der Waals surface area contributed by atoms with Gasteiger partial charge in [0.05, 0.1) is 27.9 Å². The molecule has 1 aliphatic heterocycles. The van der Waals surface area contributed by atoms with Gasteiger partial charge in [-0.05, 0) is 35.2 Å². The third-order valence-electron chi connectivity index (χ3n) is 4.77. The molecule has 1 saturated carbocycles. The van der Waals surface area contributed by atoms with Crippen LogP contribution < -0.4 is 4.90 Å². The predicted molar refractivity (Wildman–Crippen MR) is 94.5 cm³/mol. The molecule has 1 aromatic heterocycles. The fourth-order valence-electron chi connectivity index (χ4n) is 3.27. The molecular weight excluding hydrogens is 374 g/mol. The fraction of sp³-hybridized carbons (Fsp3) is 0.588. The van der Waals surface area contributed by atoms with E-state index >= 15 is 0 Å². The van der Waals surface area contributed by atoms with Crippen molar-refractivity contribution in [2.45, 2.75) is 38.1 Å². The van der Waals surface area contributed by atoms with Crippen molar-refractivity contribution in [1.82, 2.24) is 9.88 Å². The summed E-state index contributed by atoms with van der Waals surface area (Å²) >= 11 is 3.50. The molecule has 1 aromatic rings. The molecule has 0 bridgehead atoms. The number of hydrogen-bond donors (Lipinski definition) is 0. The van der Waals surface area contributed by atoms with Gasteiger partial charge in [0.25, 0.3) is 0 Å². The third-order valence-corrected chi connectivity index (χ3v) is 5.35. The van der Waals surface area contributed by atoms with E-state index in [2.05, 4.69) is 32.7 Å². The zero-order valence-electron chi connectivity index (χ0n) is 13.8. The van der Waals surface area contributed by atoms with Crippen molar-refractivity contribution in [1.29, 1.82) is 0 Å². The maximum atomic E-state index is 12.4. The van der Waals surface area contributed by atoms with Crippen LogP contribution in [0.2, 0.25) is 0 Å². The van der Waals surface area contributed by atoms with Crippen molar-refractivity contribution in [2.24, 2.45) is 0 Å². The number of pyridine rings is 1. The van der Waals surface area contributed by atoms with Crippen LogP contribution in [0, 0.1) is 0 Å². The summed E-state index contributed by atoms with van der Waals surface area (Å²) in [6, 6.07) is 0. The Morgan fingerprint density at radius 2 is 2.21 bits per heavy atom. The zero-order chi connectivity index (χ0) is 17.2. The van der Waals surface area contributed by atoms with E-state index in [1.165, 1.54) is 0 Å². The highest BCUT2D eigenvalue weighted by molar-refractivity contribution is 9.10. The van der Waals surface area contributed by atoms with Gasteiger partial charge in [-0.25, -0.2) is 4.79 Å². The molecule has 0 unspecified atom stereocenters. The Balaban J connectivity index is 1.73. The van der Waals surface area contributed by atoms with E-state index < -0.39 is 0 Å². The van der Waals surface area contributed by atoms with Crippen molar-refractivity contribution in [3.8, 4) is 0 Å². The topological polar surface area (TPSA) is 62.7 Å². The molecule has 1 aliphatic carbocycles. The number of piperazine rings is 1. The van der Waals surface area contributed by atoms with Crippen molar-refractivity contribution >= 4 is 34.0 Å². The van der Waals surface area contributed by atoms with Crippen molar-refractivity contribution in [2.75, 3.05) is 31.1 Å². The number of ether oxygens (including phenoxy) is 1. The fourth-order valence-corrected chi connectivity index (χ4v) is 3.87. The minimum absolute atomic E-state index is 0.148. The zero-order valence-corrected chi connectivity index (χ0v) is 15.4. The minimum atomic E-state index is -0.204. The van der Waals surface area contributed by atoms with Gasteiger partial charge in [-0.1, -0.05) is 13.3 Å². The van der Waals surface area contributed by atoms with Crippen LogP contribution in [-0.4, -0.2) is 54.0 Å². The second kappa shape index (κ2) is 7.09. The minimum Gasteiger partial charge on any atom is -0.449 e. The smallest absolute Gasteiger partial charge is 0.410 e. The number of aromatic nitrogens is 1. The summed E-state index contributed by atoms with van der Waals surface area (Å²) in [4.78, 5) is 31.8. The van der Waals surface area contributed by atoms with Crippen LogP contribution in [-0.2, 0) is 4.74 Å². The molecule has 2 heterocycles. The van der Waals surface area contributed by atoms with Crippen molar-refractivity contribution in [3.05, 3.63) is 22.4 Å². The van der Waals surface area contributed by atoms with Crippen molar-refractivity contribution < 1.29 is 14.3 Å². The van der Waals surface area contributed by atoms with E-state index in [4.69, 9.17) is 4.74 Å². The SMILES string of the molecule is CCCCOC(=O)N1CCN(c2c(Br)cncc2C=O)CC12CC2. The van der Waals surface area contributed by atoms with Gasteiger partial charge in [0.1, 0.15) is 0 Å². The van der Waals surface area contributed by atoms with Gasteiger partial charge in [-0.2, -0.15) is 0 Å². The Bertz CT molecular complexity index is 634. The van der Waals surface area contributed by atoms with Crippen LogP contribution in [0.25, 0.3) is 0 Å². The third kappa shape index (κ3) is 3.27. The summed E-state index contributed by atoms with van der Waals surface area (Å²) in [6.07, 6.45) is 7.77. The molecule has 3 rings (SSSR count). The van der Waals surface area contributed by atoms with E-state index in [1.807, 2.05) is 4.90 Å². The Morgan fingerprint density at radius 1 is 1.42 bits per heavy atom. The highest BCUT2D eigenvalue weighted by Gasteiger charge is 2.54. The quantitative estimate of drug-likeness (QED) is 0.565. The first kappa shape index (κ1) is 17.2. The second-order valence-electron chi connectivity index (χ2n) is 6.44. The first-order chi connectivity index (χ1) is 11.6. The number of amides is 1. The van der Waals surface area contributed by atoms with Gasteiger partial charge in [-0.15, -0.1) is 0 Å². The molecule has 6 nitrogen and oxygen atoms in total. The Kier molecular flexibility index (Phi) is 5.08. The summed E-state index contributed by atoms with van der Waals surface area (Å²) in [5.74, 6) is 0. The molecule has 0 atom stereocenters. The number of rotatable bonds is 5. The summed E-state index contributed by atoms with van der Waals surface area (Å²) in [5, 5.41) is 0. The molecule has 0 radical (unpaired) electrons. The lowest BCUT2D eigenvalue weighted by atomic mass is 10.1. The molecule has 1 spiro atoms. The standard InChI is InChI=1S/C17H22BrN3O3/c1-2-3-8-24-16(23)21-7-6-20(12-17(21)4-5-17)15-13(11-22)9-19-10-14(15)18/h9-11H,2-8,12H2,1H3. The van der Waals surface area contributed by atoms with Crippen LogP contribution in [0.5, 0.6) is 0 Å². The first-order valence-corrected chi connectivity index (χ1v) is 9.18. The number of hydrogen-bond acceptors (Lipinski definition) is 5. The number of unbranched alkanes of at least 4 members (excludes halogenated alkanes) is 1. The van der Waals surface area contributed by atoms with Gasteiger partial charge >= 0.3 is 6.09 Å². The van der Waals surface area contributed by atoms with Gasteiger partial charge in [0, 0.05) is 32.0 Å². The van der Waals surface area contributed by atoms with Gasteiger partial charge in [0.2, 0.25) is 0 Å². The Labute approximate surface area is 150 Å². The number of halogens is 1. The van der Waals surface area contributed by atoms with Crippen LogP contribution in [0.15, 0.2) is 16.9 Å². The lowest BCUT2D eigenvalue weighted by Crippen LogP contribution is -2.57. The van der Waals surface area contributed by atoms with Gasteiger partial charge in [0.15, 0.2) is 6.29 Å². The summed E-state index contributed by atoms with van der Waals surface area (Å²) < 4.78 is 6.21. The van der Waals surface area contributed by atoms with Crippen LogP contribution in [0.1, 0.15) is 43.0 Å². The number of aldehydes is 1. The van der Waals surface area contributed by atoms with Gasteiger partial charge < -0.3 is 9.64 Å². The largest absolute Gasteiger partial charge is 0.449 e. The summed E-state index contributed by atoms with van der Waals surface area (Å²) in [6.45, 7) is 4.56. The van der Waals surface area contributed by atoms with Crippen LogP contribution in [0.3, 0.4) is 0 Å². The lowest BCUT2D eigenvalue weighted by molar-refractivity contribution is 0.0744. The molecule has 130 valence electrons. The molecule has 0 aromatic carbocycles. The monoisotopic (exact) mass is 395 g/mol. The average molecular weight is 396 g/mol. The maximum absolute atomic E-state index is 12.4. The normalized spacial score (nSPS) is 18.6. The molecule has 1 saturated heterocycles. The molecular formula is C17H22BrN3O3. The van der Waals surface area contributed by atoms with E-state index in [0.717, 1.165) is 48.7 Å². The molecule has 7 heteroatoms. The highest BCUT2D eigenvalue weighted by atomic mass is 79.9. The number of anilines is 1. The van der Waals surface area contributed by atoms with Crippen LogP contribution >= 0.6 is 15.9 Å². The number of carbonyl (C=O) groups is 2. The van der Waals surface area contributed by atoms with Crippen molar-refractivity contribution in [3.63, 3.8) is 0 Å². The maximum Gasteiger partial charge on any atom is 0.410 e. The molecule has 2 aliphatic rings. The lowest BCUT2D eigenvalue weighted by Gasteiger charge is -2.43. The predicted octanol–water partition coefficient (Wildman–Crippen LogP) is 3.25. The molecule has 24 heavy (non-hydrogen) atoms. The van der Waals surface area contributed by atoms with E-state index in [0.29, 0.717) is 25.3 Å². The van der Waals surface area contributed by atoms with E-state index in [1.54, 1.807) is 12.4 Å². The molecule has 0 N–H and O–H groups in total. The van der Waals surface area contributed by atoms with Crippen LogP contribution in [0.4, 0.5) is 10.5 Å². The molecule has 2 fully saturated rings.